The molecule has 4 aliphatic rings. The number of rotatable bonds is 0. The Morgan fingerprint density at radius 1 is 0.577 bits per heavy atom. The standard InChI is InChI=1S/C25H16.Sn/c1-3-9-19-17(7-1)15-23-21(19)11-5-13-25(23)14-6-12-22-20-10-4-2-8-18(20)16-24(22)25;/h1-16H;. The number of hydrogen-bond donors (Lipinski definition) is 0. The minimum Gasteiger partial charge on any atom is -0.0657 e. The maximum atomic E-state index is 2.38. The maximum Gasteiger partial charge on any atom is 0.0581 e. The van der Waals surface area contributed by atoms with Gasteiger partial charge in [0.25, 0.3) is 0 Å². The fourth-order valence-corrected chi connectivity index (χ4v) is 4.69. The zero-order valence-electron chi connectivity index (χ0n) is 14.2. The second-order valence-corrected chi connectivity index (χ2v) is 7.04. The van der Waals surface area contributed by atoms with Crippen LogP contribution in [0, 0.1) is 5.41 Å². The minimum absolute atomic E-state index is 0. The van der Waals surface area contributed by atoms with E-state index >= 15 is 0 Å². The third-order valence-corrected chi connectivity index (χ3v) is 5.82. The molecule has 0 nitrogen and oxygen atoms in total. The summed E-state index contributed by atoms with van der Waals surface area (Å²) in [7, 11) is 0. The zero-order chi connectivity index (χ0) is 16.4. The van der Waals surface area contributed by atoms with E-state index < -0.39 is 0 Å². The van der Waals surface area contributed by atoms with Crippen LogP contribution in [-0.4, -0.2) is 23.9 Å². The smallest absolute Gasteiger partial charge is 0.0581 e. The van der Waals surface area contributed by atoms with Crippen LogP contribution < -0.4 is 0 Å². The normalized spacial score (nSPS) is 19.4. The molecular weight excluding hydrogens is 419 g/mol. The summed E-state index contributed by atoms with van der Waals surface area (Å²) < 4.78 is 0. The fraction of sp³-hybridized carbons (Fsp3) is 0.0400. The Labute approximate surface area is 170 Å². The van der Waals surface area contributed by atoms with E-state index in [9.17, 15) is 0 Å². The predicted octanol–water partition coefficient (Wildman–Crippen LogP) is 5.69. The van der Waals surface area contributed by atoms with Crippen molar-refractivity contribution in [2.45, 2.75) is 0 Å². The van der Waals surface area contributed by atoms with Crippen LogP contribution in [-0.2, 0) is 0 Å². The van der Waals surface area contributed by atoms with Gasteiger partial charge in [0, 0.05) is 23.9 Å². The average molecular weight is 435 g/mol. The minimum atomic E-state index is -0.161. The van der Waals surface area contributed by atoms with Crippen molar-refractivity contribution in [1.29, 1.82) is 0 Å². The van der Waals surface area contributed by atoms with E-state index in [1.54, 1.807) is 0 Å². The third kappa shape index (κ3) is 1.91. The molecule has 0 amide bonds. The largest absolute Gasteiger partial charge is 0.0657 e. The van der Waals surface area contributed by atoms with Crippen molar-refractivity contribution in [3.05, 3.63) is 118 Å². The first-order valence-corrected chi connectivity index (χ1v) is 8.80. The molecule has 1 heteroatoms. The van der Waals surface area contributed by atoms with Crippen molar-refractivity contribution >= 4 is 47.2 Å². The van der Waals surface area contributed by atoms with Crippen LogP contribution in [0.5, 0.6) is 0 Å². The number of hydrogen-bond acceptors (Lipinski definition) is 0. The van der Waals surface area contributed by atoms with Gasteiger partial charge in [0.2, 0.25) is 0 Å². The monoisotopic (exact) mass is 436 g/mol. The molecule has 26 heavy (non-hydrogen) atoms. The van der Waals surface area contributed by atoms with E-state index in [2.05, 4.69) is 97.1 Å². The second kappa shape index (κ2) is 5.59. The Morgan fingerprint density at radius 2 is 1.04 bits per heavy atom. The summed E-state index contributed by atoms with van der Waals surface area (Å²) in [4.78, 5) is 0. The van der Waals surface area contributed by atoms with Crippen LogP contribution in [0.25, 0.3) is 23.3 Å². The fourth-order valence-electron chi connectivity index (χ4n) is 4.69. The summed E-state index contributed by atoms with van der Waals surface area (Å²) in [6.45, 7) is 0. The van der Waals surface area contributed by atoms with Crippen molar-refractivity contribution in [2.75, 3.05) is 0 Å². The van der Waals surface area contributed by atoms with Crippen LogP contribution in [0.15, 0.2) is 96.1 Å². The molecule has 4 radical (unpaired) electrons. The molecule has 0 unspecified atom stereocenters. The first-order valence-electron chi connectivity index (χ1n) is 8.80. The Hall–Kier alpha value is -2.32. The summed E-state index contributed by atoms with van der Waals surface area (Å²) in [5.74, 6) is 0. The maximum absolute atomic E-state index is 2.38. The summed E-state index contributed by atoms with van der Waals surface area (Å²) >= 11 is 0. The SMILES string of the molecule is C1=CC2(C=CC=C3C2=Cc2ccccc23)C2=Cc3ccccc3C2=C1.[Sn]. The molecule has 6 rings (SSSR count). The molecule has 0 bridgehead atoms. The van der Waals surface area contributed by atoms with Gasteiger partial charge in [0.05, 0.1) is 5.41 Å². The van der Waals surface area contributed by atoms with Crippen molar-refractivity contribution in [3.8, 4) is 0 Å². The van der Waals surface area contributed by atoms with Crippen molar-refractivity contribution in [1.82, 2.24) is 0 Å². The molecule has 0 aliphatic heterocycles. The van der Waals surface area contributed by atoms with Gasteiger partial charge in [-0.25, -0.2) is 0 Å². The van der Waals surface area contributed by atoms with E-state index in [0.717, 1.165) is 0 Å². The zero-order valence-corrected chi connectivity index (χ0v) is 17.1. The van der Waals surface area contributed by atoms with Crippen molar-refractivity contribution < 1.29 is 0 Å². The van der Waals surface area contributed by atoms with Crippen LogP contribution >= 0.6 is 0 Å². The van der Waals surface area contributed by atoms with Gasteiger partial charge < -0.3 is 0 Å². The van der Waals surface area contributed by atoms with E-state index in [1.165, 1.54) is 44.5 Å². The first kappa shape index (κ1) is 15.9. The van der Waals surface area contributed by atoms with Gasteiger partial charge in [-0.1, -0.05) is 85.0 Å². The van der Waals surface area contributed by atoms with Gasteiger partial charge in [-0.15, -0.1) is 0 Å². The number of benzene rings is 2. The molecular formula is C25H16Sn. The number of allylic oxidation sites excluding steroid dienone is 10. The Kier molecular flexibility index (Phi) is 3.42. The van der Waals surface area contributed by atoms with Crippen molar-refractivity contribution in [2.24, 2.45) is 5.41 Å². The van der Waals surface area contributed by atoms with Crippen molar-refractivity contribution in [3.63, 3.8) is 0 Å². The molecule has 0 N–H and O–H groups in total. The van der Waals surface area contributed by atoms with E-state index in [1.807, 2.05) is 0 Å². The van der Waals surface area contributed by atoms with Gasteiger partial charge in [-0.2, -0.15) is 0 Å². The number of fused-ring (bicyclic) bond motifs is 8. The summed E-state index contributed by atoms with van der Waals surface area (Å²) in [6.07, 6.45) is 18.4. The average Bonchev–Trinajstić information content (AvgIpc) is 3.23. The molecule has 0 atom stereocenters. The Morgan fingerprint density at radius 3 is 1.54 bits per heavy atom. The predicted molar refractivity (Wildman–Crippen MR) is 111 cm³/mol. The molecule has 120 valence electrons. The molecule has 1 spiro atoms. The topological polar surface area (TPSA) is 0 Å². The van der Waals surface area contributed by atoms with Crippen LogP contribution in [0.1, 0.15) is 22.3 Å². The summed E-state index contributed by atoms with van der Waals surface area (Å²) in [6, 6.07) is 17.4. The van der Waals surface area contributed by atoms with E-state index in [4.69, 9.17) is 0 Å². The van der Waals surface area contributed by atoms with Crippen LogP contribution in [0.2, 0.25) is 0 Å². The second-order valence-electron chi connectivity index (χ2n) is 7.04. The molecule has 0 aromatic heterocycles. The van der Waals surface area contributed by atoms with Gasteiger partial charge >= 0.3 is 0 Å². The Bertz CT molecular complexity index is 1040. The molecule has 4 aliphatic carbocycles. The molecule has 0 heterocycles. The summed E-state index contributed by atoms with van der Waals surface area (Å²) in [5.41, 5.74) is 10.7. The molecule has 0 saturated heterocycles. The first-order chi connectivity index (χ1) is 12.4. The molecule has 2 aromatic carbocycles. The van der Waals surface area contributed by atoms with Gasteiger partial charge in [-0.3, -0.25) is 0 Å². The van der Waals surface area contributed by atoms with E-state index in [-0.39, 0.29) is 29.3 Å². The third-order valence-electron chi connectivity index (χ3n) is 5.82. The Balaban J connectivity index is 0.00000150. The van der Waals surface area contributed by atoms with E-state index in [0.29, 0.717) is 0 Å². The quantitative estimate of drug-likeness (QED) is 0.467. The van der Waals surface area contributed by atoms with Crippen LogP contribution in [0.3, 0.4) is 0 Å². The van der Waals surface area contributed by atoms with Gasteiger partial charge in [-0.05, 0) is 56.7 Å². The summed E-state index contributed by atoms with van der Waals surface area (Å²) in [5, 5.41) is 0. The van der Waals surface area contributed by atoms with Crippen LogP contribution in [0.4, 0.5) is 0 Å². The van der Waals surface area contributed by atoms with Gasteiger partial charge in [0.15, 0.2) is 0 Å². The molecule has 0 saturated carbocycles. The van der Waals surface area contributed by atoms with Gasteiger partial charge in [0.1, 0.15) is 0 Å². The molecule has 2 aromatic rings. The molecule has 0 fully saturated rings.